The van der Waals surface area contributed by atoms with Crippen molar-refractivity contribution in [2.75, 3.05) is 5.32 Å². The molecule has 0 saturated heterocycles. The fourth-order valence-electron chi connectivity index (χ4n) is 2.03. The molecule has 19 heavy (non-hydrogen) atoms. The molecule has 98 valence electrons. The van der Waals surface area contributed by atoms with Crippen molar-refractivity contribution in [1.82, 2.24) is 10.2 Å². The van der Waals surface area contributed by atoms with Crippen molar-refractivity contribution in [3.05, 3.63) is 42.0 Å². The van der Waals surface area contributed by atoms with Crippen LogP contribution in [0.15, 0.2) is 34.9 Å². The van der Waals surface area contributed by atoms with Gasteiger partial charge in [0.25, 0.3) is 0 Å². The van der Waals surface area contributed by atoms with Gasteiger partial charge in [0.05, 0.1) is 6.20 Å². The second-order valence-electron chi connectivity index (χ2n) is 4.85. The van der Waals surface area contributed by atoms with Crippen molar-refractivity contribution < 1.29 is 9.21 Å². The Balaban J connectivity index is 1.59. The Bertz CT molecular complexity index is 598. The standard InChI is InChI=1S/C14H15N3O2/c1-9-8-11(9)12-4-2-10(19-12)3-5-14(18)16-13-6-7-15-17-13/h2-7,9,11H,8H2,1H3,(H2,15,16,17,18). The molecular weight excluding hydrogens is 242 g/mol. The number of aromatic nitrogens is 2. The maximum absolute atomic E-state index is 11.6. The number of carbonyl (C=O) groups is 1. The highest BCUT2D eigenvalue weighted by Crippen LogP contribution is 2.47. The third-order valence-electron chi connectivity index (χ3n) is 3.28. The van der Waals surface area contributed by atoms with Crippen molar-refractivity contribution >= 4 is 17.8 Å². The van der Waals surface area contributed by atoms with Gasteiger partial charge < -0.3 is 9.73 Å². The number of hydrogen-bond donors (Lipinski definition) is 2. The number of hydrogen-bond acceptors (Lipinski definition) is 3. The van der Waals surface area contributed by atoms with E-state index in [1.807, 2.05) is 12.1 Å². The summed E-state index contributed by atoms with van der Waals surface area (Å²) in [6, 6.07) is 5.56. The van der Waals surface area contributed by atoms with Crippen LogP contribution in [0.4, 0.5) is 5.82 Å². The average Bonchev–Trinajstić information content (AvgIpc) is 2.87. The van der Waals surface area contributed by atoms with Crippen LogP contribution in [-0.4, -0.2) is 16.1 Å². The lowest BCUT2D eigenvalue weighted by Crippen LogP contribution is -2.07. The number of nitrogens with zero attached hydrogens (tertiary/aromatic N) is 1. The van der Waals surface area contributed by atoms with Crippen molar-refractivity contribution in [3.63, 3.8) is 0 Å². The minimum absolute atomic E-state index is 0.220. The van der Waals surface area contributed by atoms with Gasteiger partial charge in [0, 0.05) is 18.1 Å². The van der Waals surface area contributed by atoms with E-state index in [9.17, 15) is 4.79 Å². The minimum Gasteiger partial charge on any atom is -0.461 e. The number of rotatable bonds is 4. The second kappa shape index (κ2) is 4.76. The largest absolute Gasteiger partial charge is 0.461 e. The van der Waals surface area contributed by atoms with Gasteiger partial charge in [-0.2, -0.15) is 5.10 Å². The molecule has 2 heterocycles. The molecule has 0 aromatic carbocycles. The van der Waals surface area contributed by atoms with Gasteiger partial charge in [-0.3, -0.25) is 9.89 Å². The van der Waals surface area contributed by atoms with Gasteiger partial charge in [-0.25, -0.2) is 0 Å². The van der Waals surface area contributed by atoms with Crippen LogP contribution in [0.2, 0.25) is 0 Å². The van der Waals surface area contributed by atoms with Crippen molar-refractivity contribution in [1.29, 1.82) is 0 Å². The number of furan rings is 1. The molecule has 2 unspecified atom stereocenters. The highest BCUT2D eigenvalue weighted by Gasteiger charge is 2.36. The van der Waals surface area contributed by atoms with Gasteiger partial charge in [0.2, 0.25) is 5.91 Å². The first-order chi connectivity index (χ1) is 9.22. The molecule has 1 aliphatic carbocycles. The van der Waals surface area contributed by atoms with Gasteiger partial charge in [-0.05, 0) is 30.5 Å². The maximum Gasteiger partial charge on any atom is 0.249 e. The predicted octanol–water partition coefficient (Wildman–Crippen LogP) is 2.78. The van der Waals surface area contributed by atoms with Crippen LogP contribution < -0.4 is 5.32 Å². The highest BCUT2D eigenvalue weighted by atomic mass is 16.3. The summed E-state index contributed by atoms with van der Waals surface area (Å²) in [7, 11) is 0. The van der Waals surface area contributed by atoms with Crippen molar-refractivity contribution in [2.45, 2.75) is 19.3 Å². The van der Waals surface area contributed by atoms with Crippen LogP contribution in [0.25, 0.3) is 6.08 Å². The van der Waals surface area contributed by atoms with Gasteiger partial charge in [0.15, 0.2) is 0 Å². The van der Waals surface area contributed by atoms with E-state index in [4.69, 9.17) is 4.42 Å². The zero-order valence-corrected chi connectivity index (χ0v) is 10.6. The first-order valence-electron chi connectivity index (χ1n) is 6.30. The molecule has 2 atom stereocenters. The van der Waals surface area contributed by atoms with Gasteiger partial charge in [0.1, 0.15) is 17.3 Å². The highest BCUT2D eigenvalue weighted by molar-refractivity contribution is 6.01. The summed E-state index contributed by atoms with van der Waals surface area (Å²) in [6.45, 7) is 2.21. The molecule has 1 aliphatic rings. The summed E-state index contributed by atoms with van der Waals surface area (Å²) < 4.78 is 5.68. The van der Waals surface area contributed by atoms with E-state index in [0.29, 0.717) is 23.4 Å². The quantitative estimate of drug-likeness (QED) is 0.827. The fraction of sp³-hybridized carbons (Fsp3) is 0.286. The van der Waals surface area contributed by atoms with E-state index in [1.165, 1.54) is 12.5 Å². The molecule has 0 radical (unpaired) electrons. The van der Waals surface area contributed by atoms with Crippen molar-refractivity contribution in [2.24, 2.45) is 5.92 Å². The van der Waals surface area contributed by atoms with E-state index in [-0.39, 0.29) is 5.91 Å². The van der Waals surface area contributed by atoms with E-state index in [0.717, 1.165) is 5.76 Å². The van der Waals surface area contributed by atoms with Gasteiger partial charge >= 0.3 is 0 Å². The summed E-state index contributed by atoms with van der Waals surface area (Å²) >= 11 is 0. The number of carbonyl (C=O) groups excluding carboxylic acids is 1. The van der Waals surface area contributed by atoms with E-state index in [2.05, 4.69) is 22.4 Å². The van der Waals surface area contributed by atoms with Gasteiger partial charge in [-0.15, -0.1) is 0 Å². The molecule has 0 spiro atoms. The van der Waals surface area contributed by atoms with Crippen LogP contribution in [0, 0.1) is 5.92 Å². The smallest absolute Gasteiger partial charge is 0.249 e. The number of H-pyrrole nitrogens is 1. The van der Waals surface area contributed by atoms with E-state index >= 15 is 0 Å². The number of nitrogens with one attached hydrogen (secondary N) is 2. The van der Waals surface area contributed by atoms with Crippen LogP contribution in [0.3, 0.4) is 0 Å². The monoisotopic (exact) mass is 257 g/mol. The molecule has 2 aromatic rings. The zero-order valence-electron chi connectivity index (χ0n) is 10.6. The van der Waals surface area contributed by atoms with Crippen molar-refractivity contribution in [3.8, 4) is 0 Å². The summed E-state index contributed by atoms with van der Waals surface area (Å²) in [6.07, 6.45) is 5.88. The molecule has 1 fully saturated rings. The molecule has 2 N–H and O–H groups in total. The third kappa shape index (κ3) is 2.76. The maximum atomic E-state index is 11.6. The topological polar surface area (TPSA) is 70.9 Å². The number of amides is 1. The molecule has 5 nitrogen and oxygen atoms in total. The molecule has 5 heteroatoms. The second-order valence-corrected chi connectivity index (χ2v) is 4.85. The Labute approximate surface area is 110 Å². The summed E-state index contributed by atoms with van der Waals surface area (Å²) in [5.74, 6) is 3.34. The molecule has 1 amide bonds. The first-order valence-corrected chi connectivity index (χ1v) is 6.30. The SMILES string of the molecule is CC1CC1c1ccc(C=CC(=O)Nc2ccn[nH]2)o1. The number of aromatic amines is 1. The summed E-state index contributed by atoms with van der Waals surface area (Å²) in [4.78, 5) is 11.6. The molecule has 0 bridgehead atoms. The normalized spacial score (nSPS) is 21.7. The third-order valence-corrected chi connectivity index (χ3v) is 3.28. The Kier molecular flexibility index (Phi) is 2.95. The lowest BCUT2D eigenvalue weighted by Gasteiger charge is -1.95. The van der Waals surface area contributed by atoms with E-state index < -0.39 is 0 Å². The molecule has 2 aromatic heterocycles. The zero-order chi connectivity index (χ0) is 13.2. The first kappa shape index (κ1) is 11.8. The Hall–Kier alpha value is -2.30. The summed E-state index contributed by atoms with van der Waals surface area (Å²) in [5, 5.41) is 9.06. The van der Waals surface area contributed by atoms with Gasteiger partial charge in [-0.1, -0.05) is 6.92 Å². The number of anilines is 1. The molecular formula is C14H15N3O2. The predicted molar refractivity (Wildman–Crippen MR) is 71.5 cm³/mol. The van der Waals surface area contributed by atoms with Crippen LogP contribution in [-0.2, 0) is 4.79 Å². The van der Waals surface area contributed by atoms with Crippen LogP contribution in [0.1, 0.15) is 30.8 Å². The Morgan fingerprint density at radius 2 is 2.37 bits per heavy atom. The molecule has 1 saturated carbocycles. The molecule has 3 rings (SSSR count). The lowest BCUT2D eigenvalue weighted by atomic mass is 10.3. The van der Waals surface area contributed by atoms with E-state index in [1.54, 1.807) is 18.3 Å². The minimum atomic E-state index is -0.220. The Morgan fingerprint density at radius 3 is 3.05 bits per heavy atom. The van der Waals surface area contributed by atoms with Crippen LogP contribution in [0.5, 0.6) is 0 Å². The molecule has 0 aliphatic heterocycles. The lowest BCUT2D eigenvalue weighted by molar-refractivity contribution is -0.111. The average molecular weight is 257 g/mol. The Morgan fingerprint density at radius 1 is 1.53 bits per heavy atom. The fourth-order valence-corrected chi connectivity index (χ4v) is 2.03. The summed E-state index contributed by atoms with van der Waals surface area (Å²) in [5.41, 5.74) is 0. The van der Waals surface area contributed by atoms with Crippen LogP contribution >= 0.6 is 0 Å².